The Morgan fingerprint density at radius 2 is 1.87 bits per heavy atom. The lowest BCUT2D eigenvalue weighted by atomic mass is 10.1. The van der Waals surface area contributed by atoms with E-state index in [2.05, 4.69) is 16.7 Å². The SMILES string of the molecule is Cc1cc(C)cc(NC(=O)c2ccc3c(c2)NC(=O)CCS3)c1. The van der Waals surface area contributed by atoms with Crippen molar-refractivity contribution in [3.8, 4) is 0 Å². The first kappa shape index (κ1) is 15.6. The van der Waals surface area contributed by atoms with Crippen LogP contribution < -0.4 is 10.6 Å². The molecular formula is C18H18N2O2S. The lowest BCUT2D eigenvalue weighted by molar-refractivity contribution is -0.115. The summed E-state index contributed by atoms with van der Waals surface area (Å²) in [5.74, 6) is 0.567. The highest BCUT2D eigenvalue weighted by Gasteiger charge is 2.16. The molecule has 4 nitrogen and oxygen atoms in total. The third-order valence-electron chi connectivity index (χ3n) is 3.58. The van der Waals surface area contributed by atoms with Gasteiger partial charge in [-0.15, -0.1) is 11.8 Å². The van der Waals surface area contributed by atoms with Crippen LogP contribution in [-0.2, 0) is 4.79 Å². The number of rotatable bonds is 2. The number of amides is 2. The topological polar surface area (TPSA) is 58.2 Å². The van der Waals surface area contributed by atoms with Gasteiger partial charge in [-0.05, 0) is 55.3 Å². The normalized spacial score (nSPS) is 13.7. The molecule has 1 aliphatic rings. The van der Waals surface area contributed by atoms with E-state index in [0.717, 1.165) is 27.5 Å². The number of hydrogen-bond donors (Lipinski definition) is 2. The van der Waals surface area contributed by atoms with E-state index in [1.54, 1.807) is 23.9 Å². The molecule has 118 valence electrons. The van der Waals surface area contributed by atoms with E-state index in [1.807, 2.05) is 32.0 Å². The summed E-state index contributed by atoms with van der Waals surface area (Å²) in [6, 6.07) is 11.4. The van der Waals surface area contributed by atoms with Crippen molar-refractivity contribution < 1.29 is 9.59 Å². The Kier molecular flexibility index (Phi) is 4.39. The third-order valence-corrected chi connectivity index (χ3v) is 4.66. The van der Waals surface area contributed by atoms with Gasteiger partial charge in [-0.2, -0.15) is 0 Å². The number of nitrogens with one attached hydrogen (secondary N) is 2. The fourth-order valence-electron chi connectivity index (χ4n) is 2.61. The van der Waals surface area contributed by atoms with Crippen LogP contribution >= 0.6 is 11.8 Å². The monoisotopic (exact) mass is 326 g/mol. The number of carbonyl (C=O) groups is 2. The smallest absolute Gasteiger partial charge is 0.255 e. The molecule has 2 aromatic rings. The minimum atomic E-state index is -0.179. The van der Waals surface area contributed by atoms with Crippen molar-refractivity contribution in [2.75, 3.05) is 16.4 Å². The Bertz CT molecular complexity index is 766. The largest absolute Gasteiger partial charge is 0.325 e. The quantitative estimate of drug-likeness (QED) is 0.877. The minimum absolute atomic E-state index is 0.0110. The van der Waals surface area contributed by atoms with Crippen LogP contribution in [0, 0.1) is 13.8 Å². The molecule has 0 radical (unpaired) electrons. The summed E-state index contributed by atoms with van der Waals surface area (Å²) in [5, 5.41) is 5.78. The summed E-state index contributed by atoms with van der Waals surface area (Å²) in [6.45, 7) is 4.00. The average molecular weight is 326 g/mol. The zero-order valence-electron chi connectivity index (χ0n) is 13.1. The highest BCUT2D eigenvalue weighted by atomic mass is 32.2. The summed E-state index contributed by atoms with van der Waals surface area (Å²) in [4.78, 5) is 25.1. The van der Waals surface area contributed by atoms with Gasteiger partial charge in [0, 0.05) is 28.3 Å². The standard InChI is InChI=1S/C18H18N2O2S/c1-11-7-12(2)9-14(8-11)19-18(22)13-3-4-16-15(10-13)20-17(21)5-6-23-16/h3-4,7-10H,5-6H2,1-2H3,(H,19,22)(H,20,21). The highest BCUT2D eigenvalue weighted by Crippen LogP contribution is 2.31. The number of aryl methyl sites for hydroxylation is 2. The third kappa shape index (κ3) is 3.74. The Labute approximate surface area is 139 Å². The number of hydrogen-bond acceptors (Lipinski definition) is 3. The van der Waals surface area contributed by atoms with Gasteiger partial charge in [0.1, 0.15) is 0 Å². The van der Waals surface area contributed by atoms with Crippen LogP contribution in [0.25, 0.3) is 0 Å². The zero-order chi connectivity index (χ0) is 16.4. The first-order chi connectivity index (χ1) is 11.0. The van der Waals surface area contributed by atoms with Crippen molar-refractivity contribution in [1.82, 2.24) is 0 Å². The summed E-state index contributed by atoms with van der Waals surface area (Å²) >= 11 is 1.63. The van der Waals surface area contributed by atoms with Gasteiger partial charge < -0.3 is 10.6 Å². The van der Waals surface area contributed by atoms with E-state index in [4.69, 9.17) is 0 Å². The van der Waals surface area contributed by atoms with Crippen molar-refractivity contribution in [3.05, 3.63) is 53.1 Å². The second-order valence-corrected chi connectivity index (χ2v) is 6.82. The van der Waals surface area contributed by atoms with Crippen LogP contribution in [0.15, 0.2) is 41.3 Å². The molecule has 1 heterocycles. The van der Waals surface area contributed by atoms with Crippen molar-refractivity contribution >= 4 is 35.0 Å². The fraction of sp³-hybridized carbons (Fsp3) is 0.222. The van der Waals surface area contributed by atoms with Crippen LogP contribution in [0.4, 0.5) is 11.4 Å². The second kappa shape index (κ2) is 6.46. The summed E-state index contributed by atoms with van der Waals surface area (Å²) in [6.07, 6.45) is 0.490. The maximum atomic E-state index is 12.5. The van der Waals surface area contributed by atoms with Crippen molar-refractivity contribution in [3.63, 3.8) is 0 Å². The van der Waals surface area contributed by atoms with E-state index in [0.29, 0.717) is 17.7 Å². The van der Waals surface area contributed by atoms with Crippen LogP contribution in [0.1, 0.15) is 27.9 Å². The number of anilines is 2. The Hall–Kier alpha value is -2.27. The zero-order valence-corrected chi connectivity index (χ0v) is 13.9. The predicted molar refractivity (Wildman–Crippen MR) is 94.3 cm³/mol. The van der Waals surface area contributed by atoms with Crippen LogP contribution in [0.3, 0.4) is 0 Å². The predicted octanol–water partition coefficient (Wildman–Crippen LogP) is 3.99. The Morgan fingerprint density at radius 3 is 2.61 bits per heavy atom. The molecule has 23 heavy (non-hydrogen) atoms. The summed E-state index contributed by atoms with van der Waals surface area (Å²) < 4.78 is 0. The molecule has 2 N–H and O–H groups in total. The van der Waals surface area contributed by atoms with Crippen molar-refractivity contribution in [2.24, 2.45) is 0 Å². The first-order valence-corrected chi connectivity index (χ1v) is 8.46. The van der Waals surface area contributed by atoms with Gasteiger partial charge in [0.2, 0.25) is 5.91 Å². The van der Waals surface area contributed by atoms with Crippen molar-refractivity contribution in [2.45, 2.75) is 25.2 Å². The maximum absolute atomic E-state index is 12.5. The molecule has 0 saturated heterocycles. The van der Waals surface area contributed by atoms with Crippen LogP contribution in [0.5, 0.6) is 0 Å². The molecule has 2 aromatic carbocycles. The first-order valence-electron chi connectivity index (χ1n) is 7.47. The number of benzene rings is 2. The van der Waals surface area contributed by atoms with Gasteiger partial charge in [0.15, 0.2) is 0 Å². The maximum Gasteiger partial charge on any atom is 0.255 e. The molecule has 2 amide bonds. The van der Waals surface area contributed by atoms with Gasteiger partial charge in [-0.1, -0.05) is 6.07 Å². The molecule has 0 aromatic heterocycles. The van der Waals surface area contributed by atoms with Crippen LogP contribution in [-0.4, -0.2) is 17.6 Å². The molecule has 5 heteroatoms. The van der Waals surface area contributed by atoms with Gasteiger partial charge in [0.25, 0.3) is 5.91 Å². The lowest BCUT2D eigenvalue weighted by Gasteiger charge is -2.10. The minimum Gasteiger partial charge on any atom is -0.325 e. The molecule has 0 bridgehead atoms. The van der Waals surface area contributed by atoms with Gasteiger partial charge in [-0.3, -0.25) is 9.59 Å². The Balaban J connectivity index is 1.84. The lowest BCUT2D eigenvalue weighted by Crippen LogP contribution is -2.14. The summed E-state index contributed by atoms with van der Waals surface area (Å²) in [5.41, 5.74) is 4.23. The van der Waals surface area contributed by atoms with Gasteiger partial charge in [0.05, 0.1) is 5.69 Å². The van der Waals surface area contributed by atoms with Gasteiger partial charge in [-0.25, -0.2) is 0 Å². The summed E-state index contributed by atoms with van der Waals surface area (Å²) in [7, 11) is 0. The number of fused-ring (bicyclic) bond motifs is 1. The molecule has 0 unspecified atom stereocenters. The molecule has 0 aliphatic carbocycles. The van der Waals surface area contributed by atoms with E-state index in [-0.39, 0.29) is 11.8 Å². The van der Waals surface area contributed by atoms with E-state index < -0.39 is 0 Å². The Morgan fingerprint density at radius 1 is 1.13 bits per heavy atom. The molecule has 0 fully saturated rings. The molecule has 0 atom stereocenters. The highest BCUT2D eigenvalue weighted by molar-refractivity contribution is 7.99. The number of thioether (sulfide) groups is 1. The molecule has 0 spiro atoms. The fourth-order valence-corrected chi connectivity index (χ4v) is 3.55. The average Bonchev–Trinajstić information content (AvgIpc) is 2.65. The number of carbonyl (C=O) groups excluding carboxylic acids is 2. The second-order valence-electron chi connectivity index (χ2n) is 5.69. The van der Waals surface area contributed by atoms with E-state index in [1.165, 1.54) is 0 Å². The molecule has 1 aliphatic heterocycles. The van der Waals surface area contributed by atoms with Crippen LogP contribution in [0.2, 0.25) is 0 Å². The van der Waals surface area contributed by atoms with Gasteiger partial charge >= 0.3 is 0 Å². The van der Waals surface area contributed by atoms with E-state index in [9.17, 15) is 9.59 Å². The molecule has 0 saturated carbocycles. The molecular weight excluding hydrogens is 308 g/mol. The van der Waals surface area contributed by atoms with E-state index >= 15 is 0 Å². The van der Waals surface area contributed by atoms with Crippen molar-refractivity contribution in [1.29, 1.82) is 0 Å². The molecule has 3 rings (SSSR count).